The Morgan fingerprint density at radius 2 is 1.39 bits per heavy atom. The normalized spacial score (nSPS) is 36.8. The molecule has 0 aliphatic carbocycles. The number of aliphatic hydroxyl groups is 7. The van der Waals surface area contributed by atoms with Gasteiger partial charge in [0.25, 0.3) is 5.91 Å². The molecule has 2 heterocycles. The molecular formula is C21H29BrN2O12. The highest BCUT2D eigenvalue weighted by Gasteiger charge is 2.50. The first-order valence-electron chi connectivity index (χ1n) is 11.0. The zero-order valence-corrected chi connectivity index (χ0v) is 20.3. The van der Waals surface area contributed by atoms with E-state index in [2.05, 4.69) is 26.6 Å². The van der Waals surface area contributed by atoms with Crippen LogP contribution in [-0.4, -0.2) is 127 Å². The second-order valence-corrected chi connectivity index (χ2v) is 8.86. The number of nitrogens with one attached hydrogen (secondary N) is 2. The van der Waals surface area contributed by atoms with Gasteiger partial charge in [0.1, 0.15) is 48.8 Å². The van der Waals surface area contributed by atoms with E-state index in [1.165, 1.54) is 24.3 Å². The SMILES string of the molecule is O=C(CBr)Nc1ccc(C(=O)N[C@@H]2[C@H](O[C@H]3O[C@H](CO)[C@H](O)[C@H](O)[C@H]3O)O[C@H](CO)[C@@H](O)[C@@H]2O)cc1. The van der Waals surface area contributed by atoms with Gasteiger partial charge < -0.3 is 60.6 Å². The fourth-order valence-electron chi connectivity index (χ4n) is 3.80. The molecule has 3 rings (SSSR count). The van der Waals surface area contributed by atoms with Gasteiger partial charge in [0.05, 0.1) is 18.5 Å². The summed E-state index contributed by atoms with van der Waals surface area (Å²) in [5.41, 5.74) is 0.548. The average Bonchev–Trinajstić information content (AvgIpc) is 2.88. The summed E-state index contributed by atoms with van der Waals surface area (Å²) in [6.07, 6.45) is -14.5. The summed E-state index contributed by atoms with van der Waals surface area (Å²) in [7, 11) is 0. The molecule has 2 amide bonds. The quantitative estimate of drug-likeness (QED) is 0.136. The number of carbonyl (C=O) groups is 2. The van der Waals surface area contributed by atoms with E-state index in [0.29, 0.717) is 5.69 Å². The topological polar surface area (TPSA) is 227 Å². The van der Waals surface area contributed by atoms with Gasteiger partial charge in [0, 0.05) is 11.3 Å². The minimum absolute atomic E-state index is 0.0851. The van der Waals surface area contributed by atoms with Crippen molar-refractivity contribution in [1.29, 1.82) is 0 Å². The number of hydrogen-bond donors (Lipinski definition) is 9. The Kier molecular flexibility index (Phi) is 10.1. The van der Waals surface area contributed by atoms with E-state index >= 15 is 0 Å². The highest BCUT2D eigenvalue weighted by molar-refractivity contribution is 9.09. The zero-order chi connectivity index (χ0) is 26.6. The molecule has 0 radical (unpaired) electrons. The number of aliphatic hydroxyl groups excluding tert-OH is 7. The number of carbonyl (C=O) groups excluding carboxylic acids is 2. The Hall–Kier alpha value is -1.76. The molecule has 14 nitrogen and oxygen atoms in total. The molecule has 15 heteroatoms. The van der Waals surface area contributed by atoms with Crippen molar-refractivity contribution in [3.8, 4) is 0 Å². The molecular weight excluding hydrogens is 552 g/mol. The fraction of sp³-hybridized carbons (Fsp3) is 0.619. The Morgan fingerprint density at radius 3 is 1.94 bits per heavy atom. The number of alkyl halides is 1. The van der Waals surface area contributed by atoms with Crippen LogP contribution in [0.5, 0.6) is 0 Å². The smallest absolute Gasteiger partial charge is 0.251 e. The van der Waals surface area contributed by atoms with E-state index in [1.54, 1.807) is 0 Å². The van der Waals surface area contributed by atoms with Gasteiger partial charge in [-0.3, -0.25) is 9.59 Å². The summed E-state index contributed by atoms with van der Waals surface area (Å²) in [6, 6.07) is 4.30. The van der Waals surface area contributed by atoms with E-state index in [0.717, 1.165) is 0 Å². The Morgan fingerprint density at radius 1 is 0.833 bits per heavy atom. The number of amides is 2. The molecule has 202 valence electrons. The van der Waals surface area contributed by atoms with E-state index in [9.17, 15) is 45.3 Å². The lowest BCUT2D eigenvalue weighted by atomic mass is 9.96. The molecule has 0 unspecified atom stereocenters. The Labute approximate surface area is 213 Å². The first-order chi connectivity index (χ1) is 17.1. The molecule has 2 aliphatic rings. The predicted octanol–water partition coefficient (Wildman–Crippen LogP) is -3.63. The largest absolute Gasteiger partial charge is 0.394 e. The maximum absolute atomic E-state index is 12.9. The van der Waals surface area contributed by atoms with Crippen LogP contribution >= 0.6 is 15.9 Å². The first kappa shape index (κ1) is 28.8. The third-order valence-corrected chi connectivity index (χ3v) is 6.36. The van der Waals surface area contributed by atoms with Gasteiger partial charge in [-0.1, -0.05) is 15.9 Å². The van der Waals surface area contributed by atoms with E-state index in [-0.39, 0.29) is 16.8 Å². The predicted molar refractivity (Wildman–Crippen MR) is 123 cm³/mol. The third-order valence-electron chi connectivity index (χ3n) is 5.85. The highest BCUT2D eigenvalue weighted by Crippen LogP contribution is 2.28. The van der Waals surface area contributed by atoms with Crippen molar-refractivity contribution >= 4 is 33.4 Å². The average molecular weight is 581 g/mol. The number of hydrogen-bond acceptors (Lipinski definition) is 12. The van der Waals surface area contributed by atoms with Crippen LogP contribution in [0, 0.1) is 0 Å². The van der Waals surface area contributed by atoms with Gasteiger partial charge in [-0.25, -0.2) is 0 Å². The lowest BCUT2D eigenvalue weighted by Crippen LogP contribution is -2.67. The Balaban J connectivity index is 1.77. The van der Waals surface area contributed by atoms with E-state index < -0.39 is 80.5 Å². The van der Waals surface area contributed by atoms with Crippen LogP contribution in [0.4, 0.5) is 5.69 Å². The molecule has 1 aromatic rings. The maximum atomic E-state index is 12.9. The van der Waals surface area contributed by atoms with Crippen molar-refractivity contribution < 1.29 is 59.5 Å². The van der Waals surface area contributed by atoms with Crippen LogP contribution in [0.2, 0.25) is 0 Å². The zero-order valence-electron chi connectivity index (χ0n) is 18.8. The molecule has 0 bridgehead atoms. The number of ether oxygens (including phenoxy) is 3. The molecule has 0 aromatic heterocycles. The molecule has 2 fully saturated rings. The van der Waals surface area contributed by atoms with Crippen molar-refractivity contribution in [2.24, 2.45) is 0 Å². The van der Waals surface area contributed by atoms with Gasteiger partial charge in [-0.05, 0) is 24.3 Å². The standard InChI is InChI=1S/C21H29BrN2O12/c22-5-12(27)23-9-3-1-8(2-4-9)19(33)24-13-16(30)14(28)10(6-25)34-20(13)36-21-18(32)17(31)15(29)11(7-26)35-21/h1-4,10-11,13-18,20-21,25-26,28-32H,5-7H2,(H,23,27)(H,24,33)/t10-,11-,13+,14-,15+,16-,17+,18-,20+,21-/m1/s1. The number of halogens is 1. The lowest BCUT2D eigenvalue weighted by molar-refractivity contribution is -0.362. The fourth-order valence-corrected chi connectivity index (χ4v) is 3.94. The first-order valence-corrected chi connectivity index (χ1v) is 12.1. The summed E-state index contributed by atoms with van der Waals surface area (Å²) in [4.78, 5) is 24.3. The summed E-state index contributed by atoms with van der Waals surface area (Å²) in [5.74, 6) is -1.02. The minimum Gasteiger partial charge on any atom is -0.394 e. The molecule has 1 aromatic carbocycles. The van der Waals surface area contributed by atoms with E-state index in [4.69, 9.17) is 14.2 Å². The molecule has 0 spiro atoms. The monoisotopic (exact) mass is 580 g/mol. The van der Waals surface area contributed by atoms with Crippen molar-refractivity contribution in [1.82, 2.24) is 5.32 Å². The molecule has 2 saturated heterocycles. The van der Waals surface area contributed by atoms with E-state index in [1.807, 2.05) is 0 Å². The second-order valence-electron chi connectivity index (χ2n) is 8.30. The van der Waals surface area contributed by atoms with Gasteiger partial charge in [0.2, 0.25) is 5.91 Å². The molecule has 2 aliphatic heterocycles. The maximum Gasteiger partial charge on any atom is 0.251 e. The second kappa shape index (κ2) is 12.7. The van der Waals surface area contributed by atoms with Crippen LogP contribution in [0.25, 0.3) is 0 Å². The summed E-state index contributed by atoms with van der Waals surface area (Å²) in [6.45, 7) is -1.45. The van der Waals surface area contributed by atoms with Gasteiger partial charge in [-0.15, -0.1) is 0 Å². The van der Waals surface area contributed by atoms with Crippen molar-refractivity contribution in [2.45, 2.75) is 61.3 Å². The number of rotatable bonds is 8. The molecule has 10 atom stereocenters. The van der Waals surface area contributed by atoms with Crippen molar-refractivity contribution in [2.75, 3.05) is 23.9 Å². The van der Waals surface area contributed by atoms with Gasteiger partial charge in [0.15, 0.2) is 12.6 Å². The Bertz CT molecular complexity index is 890. The van der Waals surface area contributed by atoms with Crippen LogP contribution < -0.4 is 10.6 Å². The third kappa shape index (κ3) is 6.38. The number of benzene rings is 1. The lowest BCUT2D eigenvalue weighted by Gasteiger charge is -2.46. The van der Waals surface area contributed by atoms with Gasteiger partial charge >= 0.3 is 0 Å². The molecule has 36 heavy (non-hydrogen) atoms. The summed E-state index contributed by atoms with van der Waals surface area (Å²) in [5, 5.41) is 75.2. The number of anilines is 1. The van der Waals surface area contributed by atoms with Crippen LogP contribution in [0.1, 0.15) is 10.4 Å². The molecule has 0 saturated carbocycles. The van der Waals surface area contributed by atoms with Crippen LogP contribution in [0.15, 0.2) is 24.3 Å². The van der Waals surface area contributed by atoms with Crippen molar-refractivity contribution in [3.05, 3.63) is 29.8 Å². The van der Waals surface area contributed by atoms with Crippen LogP contribution in [0.3, 0.4) is 0 Å². The van der Waals surface area contributed by atoms with Crippen molar-refractivity contribution in [3.63, 3.8) is 0 Å². The van der Waals surface area contributed by atoms with Crippen LogP contribution in [-0.2, 0) is 19.0 Å². The minimum atomic E-state index is -1.80. The molecule has 9 N–H and O–H groups in total. The summed E-state index contributed by atoms with van der Waals surface area (Å²) < 4.78 is 16.3. The summed E-state index contributed by atoms with van der Waals surface area (Å²) >= 11 is 3.02. The highest BCUT2D eigenvalue weighted by atomic mass is 79.9. The van der Waals surface area contributed by atoms with Gasteiger partial charge in [-0.2, -0.15) is 0 Å².